The van der Waals surface area contributed by atoms with E-state index in [1.807, 2.05) is 0 Å². The largest absolute Gasteiger partial charge is 0.461 e. The number of hydrogen-bond donors (Lipinski definition) is 0. The second-order valence-corrected chi connectivity index (χ2v) is 3.29. The Labute approximate surface area is 90.2 Å². The lowest BCUT2D eigenvalue weighted by molar-refractivity contribution is 0.0513. The Kier molecular flexibility index (Phi) is 4.09. The third-order valence-electron chi connectivity index (χ3n) is 1.29. The van der Waals surface area contributed by atoms with Crippen LogP contribution in [-0.2, 0) is 4.74 Å². The first-order chi connectivity index (χ1) is 6.69. The number of aromatic nitrogens is 3. The molecule has 0 aliphatic heterocycles. The number of ether oxygens (including phenoxy) is 1. The van der Waals surface area contributed by atoms with Crippen molar-refractivity contribution in [2.75, 3.05) is 12.9 Å². The van der Waals surface area contributed by atoms with Gasteiger partial charge >= 0.3 is 5.97 Å². The van der Waals surface area contributed by atoms with Crippen LogP contribution in [0.25, 0.3) is 0 Å². The van der Waals surface area contributed by atoms with E-state index in [-0.39, 0.29) is 17.6 Å². The predicted molar refractivity (Wildman–Crippen MR) is 52.6 cm³/mol. The van der Waals surface area contributed by atoms with Crippen LogP contribution in [0.15, 0.2) is 5.03 Å². The minimum Gasteiger partial charge on any atom is -0.461 e. The number of hydrogen-bond acceptors (Lipinski definition) is 6. The molecule has 1 aromatic heterocycles. The van der Waals surface area contributed by atoms with Gasteiger partial charge in [-0.25, -0.2) is 9.78 Å². The lowest BCUT2D eigenvalue weighted by Crippen LogP contribution is -2.11. The first-order valence-corrected chi connectivity index (χ1v) is 5.40. The first kappa shape index (κ1) is 11.2. The highest BCUT2D eigenvalue weighted by molar-refractivity contribution is 7.98. The molecular formula is C7H8ClN3O2S. The second kappa shape index (κ2) is 5.11. The van der Waals surface area contributed by atoms with Gasteiger partial charge in [-0.1, -0.05) is 0 Å². The lowest BCUT2D eigenvalue weighted by Gasteiger charge is -2.03. The van der Waals surface area contributed by atoms with Crippen molar-refractivity contribution in [3.8, 4) is 0 Å². The van der Waals surface area contributed by atoms with Crippen LogP contribution in [0.5, 0.6) is 0 Å². The summed E-state index contributed by atoms with van der Waals surface area (Å²) in [5.41, 5.74) is 0.111. The van der Waals surface area contributed by atoms with E-state index in [4.69, 9.17) is 16.3 Å². The van der Waals surface area contributed by atoms with E-state index < -0.39 is 5.97 Å². The molecule has 0 amide bonds. The molecule has 0 saturated carbocycles. The van der Waals surface area contributed by atoms with Crippen molar-refractivity contribution >= 4 is 29.3 Å². The number of rotatable bonds is 3. The van der Waals surface area contributed by atoms with Crippen molar-refractivity contribution in [2.45, 2.75) is 11.9 Å². The van der Waals surface area contributed by atoms with E-state index in [0.717, 1.165) is 0 Å². The molecule has 0 bridgehead atoms. The van der Waals surface area contributed by atoms with Crippen molar-refractivity contribution in [3.05, 3.63) is 11.0 Å². The molecule has 1 heterocycles. The van der Waals surface area contributed by atoms with E-state index in [2.05, 4.69) is 15.2 Å². The summed E-state index contributed by atoms with van der Waals surface area (Å²) in [4.78, 5) is 15.1. The van der Waals surface area contributed by atoms with E-state index in [0.29, 0.717) is 5.03 Å². The van der Waals surface area contributed by atoms with Crippen LogP contribution in [0.3, 0.4) is 0 Å². The fourth-order valence-electron chi connectivity index (χ4n) is 0.766. The van der Waals surface area contributed by atoms with Gasteiger partial charge in [0.2, 0.25) is 5.28 Å². The summed E-state index contributed by atoms with van der Waals surface area (Å²) >= 11 is 6.78. The van der Waals surface area contributed by atoms with Gasteiger partial charge in [0.15, 0.2) is 10.7 Å². The Bertz CT molecular complexity index is 348. The van der Waals surface area contributed by atoms with Crippen molar-refractivity contribution in [1.82, 2.24) is 15.2 Å². The van der Waals surface area contributed by atoms with Gasteiger partial charge in [-0.05, 0) is 24.8 Å². The van der Waals surface area contributed by atoms with E-state index >= 15 is 0 Å². The molecule has 7 heteroatoms. The smallest absolute Gasteiger partial charge is 0.359 e. The van der Waals surface area contributed by atoms with Crippen LogP contribution in [0.2, 0.25) is 5.28 Å². The molecule has 0 atom stereocenters. The molecule has 1 rings (SSSR count). The molecule has 0 saturated heterocycles. The summed E-state index contributed by atoms with van der Waals surface area (Å²) in [5, 5.41) is 7.59. The van der Waals surface area contributed by atoms with E-state index in [1.54, 1.807) is 13.2 Å². The van der Waals surface area contributed by atoms with Crippen LogP contribution in [0.1, 0.15) is 17.4 Å². The van der Waals surface area contributed by atoms with Crippen LogP contribution in [0.4, 0.5) is 0 Å². The second-order valence-electron chi connectivity index (χ2n) is 2.16. The summed E-state index contributed by atoms with van der Waals surface area (Å²) in [5.74, 6) is -0.534. The standard InChI is InChI=1S/C7H8ClN3O2S/c1-3-13-6(12)4-5(14-2)10-11-7(8)9-4/h3H2,1-2H3. The van der Waals surface area contributed by atoms with Crippen molar-refractivity contribution in [2.24, 2.45) is 0 Å². The Morgan fingerprint density at radius 2 is 2.29 bits per heavy atom. The number of halogens is 1. The number of carbonyl (C=O) groups excluding carboxylic acids is 1. The molecular weight excluding hydrogens is 226 g/mol. The molecule has 0 aromatic carbocycles. The normalized spacial score (nSPS) is 9.93. The monoisotopic (exact) mass is 233 g/mol. The molecule has 76 valence electrons. The highest BCUT2D eigenvalue weighted by Crippen LogP contribution is 2.16. The lowest BCUT2D eigenvalue weighted by atomic mass is 10.5. The topological polar surface area (TPSA) is 65.0 Å². The van der Waals surface area contributed by atoms with Crippen molar-refractivity contribution < 1.29 is 9.53 Å². The highest BCUT2D eigenvalue weighted by atomic mass is 35.5. The molecule has 14 heavy (non-hydrogen) atoms. The first-order valence-electron chi connectivity index (χ1n) is 3.80. The molecule has 0 unspecified atom stereocenters. The van der Waals surface area contributed by atoms with Crippen LogP contribution in [0, 0.1) is 0 Å². The quantitative estimate of drug-likeness (QED) is 0.581. The molecule has 0 spiro atoms. The van der Waals surface area contributed by atoms with Gasteiger partial charge in [-0.2, -0.15) is 0 Å². The number of nitrogens with zero attached hydrogens (tertiary/aromatic N) is 3. The molecule has 0 aliphatic carbocycles. The zero-order valence-electron chi connectivity index (χ0n) is 7.65. The van der Waals surface area contributed by atoms with Gasteiger partial charge in [0.05, 0.1) is 6.61 Å². The van der Waals surface area contributed by atoms with Gasteiger partial charge in [-0.3, -0.25) is 0 Å². The zero-order valence-corrected chi connectivity index (χ0v) is 9.22. The van der Waals surface area contributed by atoms with Gasteiger partial charge in [0.25, 0.3) is 0 Å². The molecule has 5 nitrogen and oxygen atoms in total. The van der Waals surface area contributed by atoms with E-state index in [1.165, 1.54) is 11.8 Å². The minimum absolute atomic E-state index is 0.0640. The van der Waals surface area contributed by atoms with Crippen LogP contribution < -0.4 is 0 Å². The molecule has 1 aromatic rings. The Morgan fingerprint density at radius 3 is 2.86 bits per heavy atom. The highest BCUT2D eigenvalue weighted by Gasteiger charge is 2.16. The molecule has 0 N–H and O–H groups in total. The third kappa shape index (κ3) is 2.55. The maximum atomic E-state index is 11.4. The fraction of sp³-hybridized carbons (Fsp3) is 0.429. The maximum absolute atomic E-state index is 11.4. The van der Waals surface area contributed by atoms with Crippen molar-refractivity contribution in [3.63, 3.8) is 0 Å². The van der Waals surface area contributed by atoms with Crippen LogP contribution >= 0.6 is 23.4 Å². The molecule has 0 radical (unpaired) electrons. The van der Waals surface area contributed by atoms with E-state index in [9.17, 15) is 4.79 Å². The zero-order chi connectivity index (χ0) is 10.6. The summed E-state index contributed by atoms with van der Waals surface area (Å²) < 4.78 is 4.78. The summed E-state index contributed by atoms with van der Waals surface area (Å²) in [6, 6.07) is 0. The van der Waals surface area contributed by atoms with Gasteiger partial charge in [0.1, 0.15) is 0 Å². The average Bonchev–Trinajstić information content (AvgIpc) is 2.18. The summed E-state index contributed by atoms with van der Waals surface area (Å²) in [6.07, 6.45) is 1.77. The summed E-state index contributed by atoms with van der Waals surface area (Å²) in [7, 11) is 0. The Balaban J connectivity index is 3.03. The Hall–Kier alpha value is -0.880. The molecule has 0 fully saturated rings. The molecule has 0 aliphatic rings. The number of esters is 1. The van der Waals surface area contributed by atoms with Gasteiger partial charge in [-0.15, -0.1) is 22.0 Å². The Morgan fingerprint density at radius 1 is 1.57 bits per heavy atom. The van der Waals surface area contributed by atoms with Crippen LogP contribution in [-0.4, -0.2) is 34.0 Å². The van der Waals surface area contributed by atoms with Gasteiger partial charge < -0.3 is 4.74 Å². The fourth-order valence-corrected chi connectivity index (χ4v) is 1.33. The minimum atomic E-state index is -0.534. The maximum Gasteiger partial charge on any atom is 0.359 e. The van der Waals surface area contributed by atoms with Gasteiger partial charge in [0, 0.05) is 0 Å². The third-order valence-corrected chi connectivity index (χ3v) is 2.11. The summed E-state index contributed by atoms with van der Waals surface area (Å²) in [6.45, 7) is 2.00. The SMILES string of the molecule is CCOC(=O)c1nc(Cl)nnc1SC. The number of carbonyl (C=O) groups is 1. The predicted octanol–water partition coefficient (Wildman–Crippen LogP) is 1.42. The van der Waals surface area contributed by atoms with Crippen molar-refractivity contribution in [1.29, 1.82) is 0 Å². The number of thioether (sulfide) groups is 1. The average molecular weight is 234 g/mol.